The first kappa shape index (κ1) is 20.1. The number of halogens is 1. The number of fused-ring (bicyclic) bond motifs is 1. The number of ether oxygens (including phenoxy) is 1. The Morgan fingerprint density at radius 1 is 1.12 bits per heavy atom. The summed E-state index contributed by atoms with van der Waals surface area (Å²) in [6, 6.07) is 11.6. The Hall–Kier alpha value is -2.19. The van der Waals surface area contributed by atoms with Crippen LogP contribution in [0.15, 0.2) is 40.9 Å². The molecule has 138 valence electrons. The summed E-state index contributed by atoms with van der Waals surface area (Å²) in [7, 11) is 0. The molecule has 8 heteroatoms. The van der Waals surface area contributed by atoms with E-state index in [-0.39, 0.29) is 17.6 Å². The lowest BCUT2D eigenvalue weighted by Gasteiger charge is -2.12. The van der Waals surface area contributed by atoms with Gasteiger partial charge in [0.1, 0.15) is 5.75 Å². The average molecular weight is 438 g/mol. The molecule has 0 saturated carbocycles. The molecule has 0 radical (unpaired) electrons. The molecule has 0 spiro atoms. The van der Waals surface area contributed by atoms with Gasteiger partial charge in [0.15, 0.2) is 11.7 Å². The van der Waals surface area contributed by atoms with Crippen molar-refractivity contribution in [2.45, 2.75) is 26.2 Å². The Morgan fingerprint density at radius 2 is 1.88 bits per heavy atom. The van der Waals surface area contributed by atoms with Crippen LogP contribution in [0.5, 0.6) is 5.75 Å². The molecule has 0 aliphatic carbocycles. The second-order valence-electron chi connectivity index (χ2n) is 5.54. The number of carbonyl (C=O) groups excluding carboxylic acids is 2. The van der Waals surface area contributed by atoms with E-state index < -0.39 is 5.91 Å². The SMILES string of the molecule is CCCCC(=O)NC(=S)NNC(=O)COc1ccc2ccccc2c1Br. The smallest absolute Gasteiger partial charge is 0.276 e. The van der Waals surface area contributed by atoms with E-state index in [2.05, 4.69) is 32.1 Å². The molecule has 0 aliphatic rings. The van der Waals surface area contributed by atoms with Gasteiger partial charge in [0, 0.05) is 6.42 Å². The molecule has 0 aromatic heterocycles. The minimum atomic E-state index is -0.421. The fraction of sp³-hybridized carbons (Fsp3) is 0.278. The van der Waals surface area contributed by atoms with Crippen LogP contribution in [0.25, 0.3) is 10.8 Å². The molecular weight excluding hydrogens is 418 g/mol. The van der Waals surface area contributed by atoms with Crippen LogP contribution >= 0.6 is 28.1 Å². The van der Waals surface area contributed by atoms with E-state index >= 15 is 0 Å². The summed E-state index contributed by atoms with van der Waals surface area (Å²) in [5.41, 5.74) is 4.86. The maximum Gasteiger partial charge on any atom is 0.276 e. The molecule has 0 saturated heterocycles. The van der Waals surface area contributed by atoms with Crippen molar-refractivity contribution in [1.29, 1.82) is 0 Å². The molecule has 6 nitrogen and oxygen atoms in total. The number of unbranched alkanes of at least 4 members (excludes halogenated alkanes) is 1. The molecule has 0 heterocycles. The Kier molecular flexibility index (Phi) is 7.80. The highest BCUT2D eigenvalue weighted by molar-refractivity contribution is 9.10. The van der Waals surface area contributed by atoms with Crippen molar-refractivity contribution in [1.82, 2.24) is 16.2 Å². The molecule has 0 atom stereocenters. The Morgan fingerprint density at radius 3 is 2.65 bits per heavy atom. The van der Waals surface area contributed by atoms with Crippen molar-refractivity contribution in [3.8, 4) is 5.75 Å². The van der Waals surface area contributed by atoms with Crippen LogP contribution in [0.2, 0.25) is 0 Å². The number of benzene rings is 2. The van der Waals surface area contributed by atoms with Crippen molar-refractivity contribution in [3.63, 3.8) is 0 Å². The van der Waals surface area contributed by atoms with E-state index in [1.54, 1.807) is 6.07 Å². The van der Waals surface area contributed by atoms with Gasteiger partial charge in [0.05, 0.1) is 4.47 Å². The molecule has 0 fully saturated rings. The average Bonchev–Trinajstić information content (AvgIpc) is 2.64. The number of hydrogen-bond donors (Lipinski definition) is 3. The summed E-state index contributed by atoms with van der Waals surface area (Å²) in [6.45, 7) is 1.80. The highest BCUT2D eigenvalue weighted by Gasteiger charge is 2.09. The van der Waals surface area contributed by atoms with Gasteiger partial charge >= 0.3 is 0 Å². The van der Waals surface area contributed by atoms with Gasteiger partial charge in [-0.15, -0.1) is 0 Å². The first-order valence-electron chi connectivity index (χ1n) is 8.20. The van der Waals surface area contributed by atoms with Crippen LogP contribution < -0.4 is 20.9 Å². The fourth-order valence-electron chi connectivity index (χ4n) is 2.19. The minimum absolute atomic E-state index is 0.0475. The number of hydrazine groups is 1. The topological polar surface area (TPSA) is 79.5 Å². The van der Waals surface area contributed by atoms with Crippen LogP contribution in [0.4, 0.5) is 0 Å². The molecule has 0 aliphatic heterocycles. The van der Waals surface area contributed by atoms with Crippen LogP contribution in [0.3, 0.4) is 0 Å². The van der Waals surface area contributed by atoms with Crippen molar-refractivity contribution in [2.75, 3.05) is 6.61 Å². The van der Waals surface area contributed by atoms with Gasteiger partial charge in [0.25, 0.3) is 5.91 Å². The van der Waals surface area contributed by atoms with E-state index in [9.17, 15) is 9.59 Å². The standard InChI is InChI=1S/C18H20BrN3O3S/c1-2-3-8-15(23)20-18(26)22-21-16(24)11-25-14-10-9-12-6-4-5-7-13(12)17(14)19/h4-7,9-10H,2-3,8,11H2,1H3,(H,21,24)(H2,20,22,23,26). The van der Waals surface area contributed by atoms with Crippen molar-refractivity contribution >= 4 is 55.8 Å². The highest BCUT2D eigenvalue weighted by atomic mass is 79.9. The fourth-order valence-corrected chi connectivity index (χ4v) is 2.96. The van der Waals surface area contributed by atoms with Crippen molar-refractivity contribution < 1.29 is 14.3 Å². The van der Waals surface area contributed by atoms with E-state index in [0.29, 0.717) is 12.2 Å². The molecule has 3 N–H and O–H groups in total. The largest absolute Gasteiger partial charge is 0.483 e. The number of thiocarbonyl (C=S) groups is 1. The van der Waals surface area contributed by atoms with E-state index in [4.69, 9.17) is 17.0 Å². The van der Waals surface area contributed by atoms with Gasteiger partial charge in [0.2, 0.25) is 5.91 Å². The third-order valence-corrected chi connectivity index (χ3v) is 4.53. The van der Waals surface area contributed by atoms with Crippen LogP contribution in [-0.2, 0) is 9.59 Å². The number of nitrogens with one attached hydrogen (secondary N) is 3. The second-order valence-corrected chi connectivity index (χ2v) is 6.74. The number of hydrogen-bond acceptors (Lipinski definition) is 4. The third kappa shape index (κ3) is 5.96. The van der Waals surface area contributed by atoms with Gasteiger partial charge in [-0.25, -0.2) is 0 Å². The zero-order valence-electron chi connectivity index (χ0n) is 14.3. The lowest BCUT2D eigenvalue weighted by Crippen LogP contribution is -2.49. The summed E-state index contributed by atoms with van der Waals surface area (Å²) in [5.74, 6) is -0.0422. The normalized spacial score (nSPS) is 10.2. The Bertz CT molecular complexity index is 813. The van der Waals surface area contributed by atoms with Crippen LogP contribution in [0, 0.1) is 0 Å². The number of amides is 2. The Labute approximate surface area is 165 Å². The molecule has 2 aromatic rings. The predicted molar refractivity (Wildman–Crippen MR) is 109 cm³/mol. The predicted octanol–water partition coefficient (Wildman–Crippen LogP) is 3.19. The first-order chi connectivity index (χ1) is 12.5. The lowest BCUT2D eigenvalue weighted by atomic mass is 10.1. The summed E-state index contributed by atoms with van der Waals surface area (Å²) < 4.78 is 6.33. The zero-order chi connectivity index (χ0) is 18.9. The highest BCUT2D eigenvalue weighted by Crippen LogP contribution is 2.32. The van der Waals surface area contributed by atoms with Crippen molar-refractivity contribution in [3.05, 3.63) is 40.9 Å². The van der Waals surface area contributed by atoms with Gasteiger partial charge in [-0.3, -0.25) is 20.4 Å². The maximum absolute atomic E-state index is 11.9. The zero-order valence-corrected chi connectivity index (χ0v) is 16.7. The lowest BCUT2D eigenvalue weighted by molar-refractivity contribution is -0.124. The van der Waals surface area contributed by atoms with Gasteiger partial charge in [-0.1, -0.05) is 43.7 Å². The Balaban J connectivity index is 1.79. The number of rotatable bonds is 6. The van der Waals surface area contributed by atoms with Gasteiger partial charge in [-0.05, 0) is 51.4 Å². The van der Waals surface area contributed by atoms with E-state index in [1.807, 2.05) is 37.3 Å². The summed E-state index contributed by atoms with van der Waals surface area (Å²) >= 11 is 8.45. The van der Waals surface area contributed by atoms with Gasteiger partial charge in [-0.2, -0.15) is 0 Å². The summed E-state index contributed by atoms with van der Waals surface area (Å²) in [5, 5.41) is 4.61. The maximum atomic E-state index is 11.9. The molecule has 2 amide bonds. The number of carbonyl (C=O) groups is 2. The van der Waals surface area contributed by atoms with Crippen molar-refractivity contribution in [2.24, 2.45) is 0 Å². The summed E-state index contributed by atoms with van der Waals surface area (Å²) in [6.07, 6.45) is 2.10. The molecule has 2 rings (SSSR count). The molecule has 2 aromatic carbocycles. The van der Waals surface area contributed by atoms with Gasteiger partial charge < -0.3 is 10.1 Å². The van der Waals surface area contributed by atoms with Crippen LogP contribution in [0.1, 0.15) is 26.2 Å². The molecule has 26 heavy (non-hydrogen) atoms. The molecule has 0 bridgehead atoms. The summed E-state index contributed by atoms with van der Waals surface area (Å²) in [4.78, 5) is 23.4. The first-order valence-corrected chi connectivity index (χ1v) is 9.40. The van der Waals surface area contributed by atoms with E-state index in [0.717, 1.165) is 28.1 Å². The van der Waals surface area contributed by atoms with E-state index in [1.165, 1.54) is 0 Å². The van der Waals surface area contributed by atoms with Crippen LogP contribution in [-0.4, -0.2) is 23.5 Å². The minimum Gasteiger partial charge on any atom is -0.483 e. The third-order valence-electron chi connectivity index (χ3n) is 3.51. The second kappa shape index (κ2) is 10.1. The molecule has 0 unspecified atom stereocenters. The monoisotopic (exact) mass is 437 g/mol. The quantitative estimate of drug-likeness (QED) is 0.477. The molecular formula is C18H20BrN3O3S.